The molecule has 6 nitrogen and oxygen atoms in total. The van der Waals surface area contributed by atoms with E-state index in [4.69, 9.17) is 10.5 Å². The monoisotopic (exact) mass is 306 g/mol. The summed E-state index contributed by atoms with van der Waals surface area (Å²) in [5.41, 5.74) is 5.06. The van der Waals surface area contributed by atoms with Gasteiger partial charge in [-0.25, -0.2) is 9.78 Å². The number of amides is 1. The molecular weight excluding hydrogens is 280 g/mol. The van der Waals surface area contributed by atoms with Gasteiger partial charge < -0.3 is 20.3 Å². The fraction of sp³-hybridized carbons (Fsp3) is 0.625. The van der Waals surface area contributed by atoms with Gasteiger partial charge in [0.1, 0.15) is 17.2 Å². The van der Waals surface area contributed by atoms with Crippen LogP contribution in [0.2, 0.25) is 0 Å². The van der Waals surface area contributed by atoms with Crippen LogP contribution >= 0.6 is 0 Å². The van der Waals surface area contributed by atoms with Crippen molar-refractivity contribution in [3.63, 3.8) is 0 Å². The van der Waals surface area contributed by atoms with Gasteiger partial charge in [0, 0.05) is 19.6 Å². The van der Waals surface area contributed by atoms with Gasteiger partial charge >= 0.3 is 6.09 Å². The quantitative estimate of drug-likeness (QED) is 0.863. The summed E-state index contributed by atoms with van der Waals surface area (Å²) in [5, 5.41) is 0. The number of anilines is 2. The van der Waals surface area contributed by atoms with Crippen LogP contribution < -0.4 is 10.6 Å². The Morgan fingerprint density at radius 2 is 2.00 bits per heavy atom. The predicted molar refractivity (Wildman–Crippen MR) is 87.9 cm³/mol. The van der Waals surface area contributed by atoms with Crippen molar-refractivity contribution < 1.29 is 9.53 Å². The molecule has 2 rings (SSSR count). The summed E-state index contributed by atoms with van der Waals surface area (Å²) in [6.45, 7) is 11.7. The Balaban J connectivity index is 2.11. The van der Waals surface area contributed by atoms with Crippen LogP contribution in [0.4, 0.5) is 16.4 Å². The molecule has 1 aromatic heterocycles. The first kappa shape index (κ1) is 16.4. The molecule has 1 amide bonds. The Morgan fingerprint density at radius 1 is 1.32 bits per heavy atom. The van der Waals surface area contributed by atoms with Crippen LogP contribution in [-0.4, -0.2) is 46.8 Å². The number of nitrogens with zero attached hydrogens (tertiary/aromatic N) is 3. The molecule has 0 saturated carbocycles. The minimum atomic E-state index is -0.478. The minimum absolute atomic E-state index is 0.240. The highest BCUT2D eigenvalue weighted by molar-refractivity contribution is 5.69. The van der Waals surface area contributed by atoms with Crippen molar-refractivity contribution in [3.05, 3.63) is 18.2 Å². The predicted octanol–water partition coefficient (Wildman–Crippen LogP) is 2.50. The molecule has 0 atom stereocenters. The Hall–Kier alpha value is -1.98. The van der Waals surface area contributed by atoms with Crippen LogP contribution in [0, 0.1) is 0 Å². The van der Waals surface area contributed by atoms with Crippen molar-refractivity contribution >= 4 is 17.7 Å². The Labute approximate surface area is 132 Å². The standard InChI is InChI=1S/C16H26N4O2/c1-15(2,3)22-14(21)19-9-10-20(16(4,5)11-19)13-8-6-7-12(17)18-13/h6-8H,9-11H2,1-5H3,(H2,17,18). The summed E-state index contributed by atoms with van der Waals surface area (Å²) >= 11 is 0. The second kappa shape index (κ2) is 5.66. The topological polar surface area (TPSA) is 71.7 Å². The fourth-order valence-electron chi connectivity index (χ4n) is 2.65. The van der Waals surface area contributed by atoms with Gasteiger partial charge in [0.05, 0.1) is 5.54 Å². The van der Waals surface area contributed by atoms with Gasteiger partial charge in [0.15, 0.2) is 0 Å². The highest BCUT2D eigenvalue weighted by Crippen LogP contribution is 2.27. The average molecular weight is 306 g/mol. The second-order valence-corrected chi connectivity index (χ2v) is 7.29. The SMILES string of the molecule is CC(C)(C)OC(=O)N1CCN(c2cccc(N)n2)C(C)(C)C1. The number of hydrogen-bond acceptors (Lipinski definition) is 5. The van der Waals surface area contributed by atoms with Crippen molar-refractivity contribution in [1.82, 2.24) is 9.88 Å². The van der Waals surface area contributed by atoms with Crippen LogP contribution in [0.1, 0.15) is 34.6 Å². The second-order valence-electron chi connectivity index (χ2n) is 7.29. The normalized spacial score (nSPS) is 18.2. The third-order valence-electron chi connectivity index (χ3n) is 3.59. The van der Waals surface area contributed by atoms with E-state index in [0.29, 0.717) is 25.5 Å². The number of ether oxygens (including phenoxy) is 1. The Kier molecular flexibility index (Phi) is 4.22. The summed E-state index contributed by atoms with van der Waals surface area (Å²) in [6, 6.07) is 5.61. The number of carbonyl (C=O) groups excluding carboxylic acids is 1. The van der Waals surface area contributed by atoms with E-state index in [0.717, 1.165) is 5.82 Å². The number of rotatable bonds is 1. The average Bonchev–Trinajstić information content (AvgIpc) is 2.35. The van der Waals surface area contributed by atoms with E-state index in [2.05, 4.69) is 23.7 Å². The first-order chi connectivity index (χ1) is 10.1. The maximum absolute atomic E-state index is 12.2. The smallest absolute Gasteiger partial charge is 0.410 e. The summed E-state index contributed by atoms with van der Waals surface area (Å²) in [5.74, 6) is 1.34. The van der Waals surface area contributed by atoms with Gasteiger partial charge in [-0.05, 0) is 46.8 Å². The van der Waals surface area contributed by atoms with Crippen LogP contribution in [0.3, 0.4) is 0 Å². The lowest BCUT2D eigenvalue weighted by molar-refractivity contribution is 0.0179. The third-order valence-corrected chi connectivity index (χ3v) is 3.59. The van der Waals surface area contributed by atoms with Gasteiger partial charge in [0.2, 0.25) is 0 Å². The lowest BCUT2D eigenvalue weighted by Gasteiger charge is -2.47. The van der Waals surface area contributed by atoms with E-state index >= 15 is 0 Å². The lowest BCUT2D eigenvalue weighted by atomic mass is 9.99. The van der Waals surface area contributed by atoms with E-state index in [1.165, 1.54) is 0 Å². The zero-order chi connectivity index (χ0) is 16.5. The zero-order valence-corrected chi connectivity index (χ0v) is 14.1. The van der Waals surface area contributed by atoms with Crippen molar-refractivity contribution in [3.8, 4) is 0 Å². The van der Waals surface area contributed by atoms with Crippen LogP contribution in [0.5, 0.6) is 0 Å². The lowest BCUT2D eigenvalue weighted by Crippen LogP contribution is -2.61. The molecule has 0 bridgehead atoms. The van der Waals surface area contributed by atoms with E-state index in [-0.39, 0.29) is 11.6 Å². The summed E-state index contributed by atoms with van der Waals surface area (Å²) in [7, 11) is 0. The van der Waals surface area contributed by atoms with Crippen molar-refractivity contribution in [2.45, 2.75) is 45.8 Å². The first-order valence-electron chi connectivity index (χ1n) is 7.57. The molecule has 2 heterocycles. The van der Waals surface area contributed by atoms with Gasteiger partial charge in [-0.15, -0.1) is 0 Å². The summed E-state index contributed by atoms with van der Waals surface area (Å²) in [4.78, 5) is 20.6. The number of aromatic nitrogens is 1. The van der Waals surface area contributed by atoms with Gasteiger partial charge in [0.25, 0.3) is 0 Å². The van der Waals surface area contributed by atoms with Crippen LogP contribution in [0.25, 0.3) is 0 Å². The highest BCUT2D eigenvalue weighted by atomic mass is 16.6. The van der Waals surface area contributed by atoms with E-state index in [1.807, 2.05) is 32.9 Å². The fourth-order valence-corrected chi connectivity index (χ4v) is 2.65. The molecule has 0 radical (unpaired) electrons. The third kappa shape index (κ3) is 3.81. The number of piperazine rings is 1. The molecule has 122 valence electrons. The molecule has 0 aromatic carbocycles. The van der Waals surface area contributed by atoms with Gasteiger partial charge in [-0.1, -0.05) is 6.07 Å². The Morgan fingerprint density at radius 3 is 2.55 bits per heavy atom. The van der Waals surface area contributed by atoms with Crippen LogP contribution in [-0.2, 0) is 4.74 Å². The van der Waals surface area contributed by atoms with Gasteiger partial charge in [-0.3, -0.25) is 0 Å². The molecule has 0 aliphatic carbocycles. The minimum Gasteiger partial charge on any atom is -0.444 e. The zero-order valence-electron chi connectivity index (χ0n) is 14.1. The molecular formula is C16H26N4O2. The number of nitrogens with two attached hydrogens (primary N) is 1. The molecule has 0 spiro atoms. The molecule has 22 heavy (non-hydrogen) atoms. The molecule has 1 aliphatic heterocycles. The maximum atomic E-state index is 12.2. The molecule has 0 unspecified atom stereocenters. The molecule has 1 aliphatic rings. The van der Waals surface area contributed by atoms with Crippen molar-refractivity contribution in [2.24, 2.45) is 0 Å². The molecule has 6 heteroatoms. The summed E-state index contributed by atoms with van der Waals surface area (Å²) < 4.78 is 5.46. The van der Waals surface area contributed by atoms with Crippen molar-refractivity contribution in [1.29, 1.82) is 0 Å². The largest absolute Gasteiger partial charge is 0.444 e. The van der Waals surface area contributed by atoms with Crippen LogP contribution in [0.15, 0.2) is 18.2 Å². The number of carbonyl (C=O) groups is 1. The van der Waals surface area contributed by atoms with Crippen molar-refractivity contribution in [2.75, 3.05) is 30.3 Å². The molecule has 1 saturated heterocycles. The first-order valence-corrected chi connectivity index (χ1v) is 7.57. The van der Waals surface area contributed by atoms with E-state index in [9.17, 15) is 4.79 Å². The van der Waals surface area contributed by atoms with E-state index < -0.39 is 5.60 Å². The molecule has 1 aromatic rings. The van der Waals surface area contributed by atoms with E-state index in [1.54, 1.807) is 11.0 Å². The number of hydrogen-bond donors (Lipinski definition) is 1. The summed E-state index contributed by atoms with van der Waals surface area (Å²) in [6.07, 6.45) is -0.263. The number of pyridine rings is 1. The molecule has 1 fully saturated rings. The van der Waals surface area contributed by atoms with Gasteiger partial charge in [-0.2, -0.15) is 0 Å². The number of nitrogen functional groups attached to an aromatic ring is 1. The highest BCUT2D eigenvalue weighted by Gasteiger charge is 2.37. The maximum Gasteiger partial charge on any atom is 0.410 e. The Bertz CT molecular complexity index is 551. The molecule has 2 N–H and O–H groups in total.